The third kappa shape index (κ3) is 10.9. The maximum absolute atomic E-state index is 14.1. The number of ketones is 2. The summed E-state index contributed by atoms with van der Waals surface area (Å²) in [7, 11) is 3.13. The van der Waals surface area contributed by atoms with Crippen molar-refractivity contribution in [2.75, 3.05) is 20.8 Å². The van der Waals surface area contributed by atoms with Crippen LogP contribution >= 0.6 is 0 Å². The molecule has 53 heavy (non-hydrogen) atoms. The minimum atomic E-state index is -2.39. The number of carbonyl (C=O) groups is 4. The molecule has 0 aromatic carbocycles. The maximum atomic E-state index is 14.1. The number of carbonyl (C=O) groups excluding carboxylic acids is 4. The highest BCUT2D eigenvalue weighted by atomic mass is 16.7. The fourth-order valence-electron chi connectivity index (χ4n) is 8.79. The fourth-order valence-corrected chi connectivity index (χ4v) is 8.79. The SMILES string of the molecule is CC[C@@H]1/C=C(\C)C[C@H](C)CC[C@H]2O[C@@](O)(C(=O)C(=O)N3CCCC[C@H]3C(=O)O[C@H](/C(C)=C/[C@@H]3CC[C@@H](O)[C@H](OC)C3)C[C@@H](O)CC1=O)[C@H](C)C[C@@H]2OC. The molecule has 1 amide bonds. The van der Waals surface area contributed by atoms with Gasteiger partial charge in [0.05, 0.1) is 30.5 Å². The number of nitrogens with zero attached hydrogens (tertiary/aromatic N) is 1. The Hall–Kier alpha value is -2.48. The lowest BCUT2D eigenvalue weighted by Crippen LogP contribution is -2.62. The van der Waals surface area contributed by atoms with Crippen molar-refractivity contribution < 1.29 is 53.4 Å². The third-order valence-electron chi connectivity index (χ3n) is 12.1. The van der Waals surface area contributed by atoms with E-state index in [1.807, 2.05) is 32.9 Å². The predicted molar refractivity (Wildman–Crippen MR) is 197 cm³/mol. The number of fused-ring (bicyclic) bond motifs is 3. The number of allylic oxidation sites excluding steroid dienone is 3. The molecule has 12 heteroatoms. The van der Waals surface area contributed by atoms with Crippen LogP contribution in [0.3, 0.4) is 0 Å². The molecule has 3 heterocycles. The largest absolute Gasteiger partial charge is 0.456 e. The van der Waals surface area contributed by atoms with Crippen molar-refractivity contribution in [2.45, 2.75) is 167 Å². The summed E-state index contributed by atoms with van der Waals surface area (Å²) in [6, 6.07) is -1.09. The van der Waals surface area contributed by atoms with Gasteiger partial charge in [-0.05, 0) is 102 Å². The Morgan fingerprint density at radius 3 is 2.36 bits per heavy atom. The van der Waals surface area contributed by atoms with E-state index < -0.39 is 65.9 Å². The summed E-state index contributed by atoms with van der Waals surface area (Å²) < 4.78 is 23.5. The number of aliphatic hydroxyl groups excluding tert-OH is 2. The fraction of sp³-hybridized carbons (Fsp3) is 0.805. The van der Waals surface area contributed by atoms with Crippen LogP contribution in [0, 0.1) is 23.7 Å². The molecule has 2 saturated heterocycles. The number of aliphatic hydroxyl groups is 3. The van der Waals surface area contributed by atoms with Gasteiger partial charge in [0.15, 0.2) is 0 Å². The average Bonchev–Trinajstić information content (AvgIpc) is 3.13. The molecule has 3 aliphatic heterocycles. The second kappa shape index (κ2) is 19.4. The number of hydrogen-bond donors (Lipinski definition) is 3. The summed E-state index contributed by atoms with van der Waals surface area (Å²) in [5, 5.41) is 33.5. The summed E-state index contributed by atoms with van der Waals surface area (Å²) in [5.74, 6) is -6.24. The lowest BCUT2D eigenvalue weighted by atomic mass is 9.83. The van der Waals surface area contributed by atoms with E-state index in [1.54, 1.807) is 21.1 Å². The number of hydrogen-bond acceptors (Lipinski definition) is 11. The van der Waals surface area contributed by atoms with Gasteiger partial charge in [0.2, 0.25) is 5.79 Å². The van der Waals surface area contributed by atoms with E-state index in [-0.39, 0.29) is 55.4 Å². The molecule has 3 N–H and O–H groups in total. The molecule has 300 valence electrons. The first-order valence-corrected chi connectivity index (χ1v) is 19.9. The third-order valence-corrected chi connectivity index (χ3v) is 12.1. The lowest BCUT2D eigenvalue weighted by molar-refractivity contribution is -0.287. The summed E-state index contributed by atoms with van der Waals surface area (Å²) in [4.78, 5) is 56.8. The van der Waals surface area contributed by atoms with Gasteiger partial charge in [-0.2, -0.15) is 0 Å². The molecule has 1 saturated carbocycles. The van der Waals surface area contributed by atoms with Gasteiger partial charge in [0.25, 0.3) is 11.7 Å². The monoisotopic (exact) mass is 747 g/mol. The molecule has 0 aromatic rings. The van der Waals surface area contributed by atoms with Crippen LogP contribution in [0.1, 0.15) is 118 Å². The van der Waals surface area contributed by atoms with Crippen LogP contribution in [0.5, 0.6) is 0 Å². The van der Waals surface area contributed by atoms with Crippen molar-refractivity contribution in [3.05, 3.63) is 23.3 Å². The van der Waals surface area contributed by atoms with Crippen LogP contribution in [-0.2, 0) is 38.1 Å². The van der Waals surface area contributed by atoms with Gasteiger partial charge in [-0.15, -0.1) is 0 Å². The number of esters is 1. The van der Waals surface area contributed by atoms with E-state index in [0.29, 0.717) is 63.4 Å². The van der Waals surface area contributed by atoms with E-state index in [2.05, 4.69) is 6.92 Å². The predicted octanol–water partition coefficient (Wildman–Crippen LogP) is 4.60. The van der Waals surface area contributed by atoms with Crippen molar-refractivity contribution >= 4 is 23.4 Å². The number of piperidine rings is 1. The van der Waals surface area contributed by atoms with Gasteiger partial charge < -0.3 is 39.2 Å². The van der Waals surface area contributed by atoms with Gasteiger partial charge in [-0.25, -0.2) is 4.79 Å². The molecular formula is C41H65NO11. The molecule has 0 radical (unpaired) electrons. The van der Waals surface area contributed by atoms with Crippen molar-refractivity contribution in [1.82, 2.24) is 4.90 Å². The van der Waals surface area contributed by atoms with Crippen LogP contribution in [0.15, 0.2) is 23.3 Å². The Labute approximate surface area is 315 Å². The molecule has 2 bridgehead atoms. The van der Waals surface area contributed by atoms with Crippen LogP contribution in [0.25, 0.3) is 0 Å². The van der Waals surface area contributed by atoms with E-state index in [0.717, 1.165) is 12.0 Å². The van der Waals surface area contributed by atoms with E-state index >= 15 is 0 Å². The highest BCUT2D eigenvalue weighted by Gasteiger charge is 2.55. The Morgan fingerprint density at radius 1 is 0.962 bits per heavy atom. The number of ether oxygens (including phenoxy) is 4. The van der Waals surface area contributed by atoms with Crippen LogP contribution in [0.2, 0.25) is 0 Å². The molecule has 0 aromatic heterocycles. The van der Waals surface area contributed by atoms with Crippen molar-refractivity contribution in [1.29, 1.82) is 0 Å². The topological polar surface area (TPSA) is 169 Å². The van der Waals surface area contributed by atoms with E-state index in [1.165, 1.54) is 4.90 Å². The zero-order valence-electron chi connectivity index (χ0n) is 33.0. The number of Topliss-reactive ketones (excluding diaryl/α,β-unsaturated/α-hetero) is 2. The molecule has 1 aliphatic carbocycles. The summed E-state index contributed by atoms with van der Waals surface area (Å²) >= 11 is 0. The first kappa shape index (κ1) is 43.3. The lowest BCUT2D eigenvalue weighted by Gasteiger charge is -2.45. The summed E-state index contributed by atoms with van der Waals surface area (Å²) in [6.45, 7) is 9.64. The Morgan fingerprint density at radius 2 is 1.68 bits per heavy atom. The van der Waals surface area contributed by atoms with Crippen molar-refractivity contribution in [3.63, 3.8) is 0 Å². The van der Waals surface area contributed by atoms with E-state index in [4.69, 9.17) is 18.9 Å². The molecule has 12 atom stereocenters. The second-order valence-corrected chi connectivity index (χ2v) is 16.3. The smallest absolute Gasteiger partial charge is 0.329 e. The number of methoxy groups -OCH3 is 2. The van der Waals surface area contributed by atoms with Crippen LogP contribution < -0.4 is 0 Å². The number of rotatable bonds is 5. The number of cyclic esters (lactones) is 1. The van der Waals surface area contributed by atoms with Gasteiger partial charge in [0.1, 0.15) is 17.9 Å². The molecule has 4 aliphatic rings. The highest BCUT2D eigenvalue weighted by Crippen LogP contribution is 2.38. The maximum Gasteiger partial charge on any atom is 0.329 e. The van der Waals surface area contributed by atoms with E-state index in [9.17, 15) is 34.5 Å². The standard InChI is InChI=1S/C41H65NO11/c1-8-29-18-25(3)17-24(2)12-15-34-37(51-7)20-27(5)41(49,53-34)38(46)39(47)42-16-10-9-11-31(42)40(48)52-35(23-30(43)22-33(29)45)26(4)19-28-13-14-32(44)36(21-28)50-6/h18-19,24,27-32,34-37,43-44,49H,8-17,20-23H2,1-7H3/b25-18+,26-19+/t24-,27-,28+,29-,30+,31+,32-,34-,35+,36-,37+,41-/m1/s1. The molecule has 4 rings (SSSR count). The quantitative estimate of drug-likeness (QED) is 0.204. The van der Waals surface area contributed by atoms with Crippen molar-refractivity contribution in [2.24, 2.45) is 23.7 Å². The average molecular weight is 748 g/mol. The normalized spacial score (nSPS) is 40.4. The zero-order chi connectivity index (χ0) is 39.0. The Kier molecular flexibility index (Phi) is 15.8. The number of amides is 1. The van der Waals surface area contributed by atoms with Gasteiger partial charge in [-0.3, -0.25) is 14.4 Å². The summed E-state index contributed by atoms with van der Waals surface area (Å²) in [5.41, 5.74) is 1.73. The van der Waals surface area contributed by atoms with Crippen molar-refractivity contribution in [3.8, 4) is 0 Å². The van der Waals surface area contributed by atoms with Crippen LogP contribution in [0.4, 0.5) is 0 Å². The zero-order valence-corrected chi connectivity index (χ0v) is 33.0. The molecule has 0 unspecified atom stereocenters. The minimum absolute atomic E-state index is 0.0241. The second-order valence-electron chi connectivity index (χ2n) is 16.3. The van der Waals surface area contributed by atoms with Gasteiger partial charge in [-0.1, -0.05) is 38.5 Å². The summed E-state index contributed by atoms with van der Waals surface area (Å²) in [6.07, 6.45) is 5.88. The molecule has 0 spiro atoms. The Balaban J connectivity index is 1.69. The van der Waals surface area contributed by atoms with Crippen LogP contribution in [-0.4, -0.2) is 113 Å². The Bertz CT molecular complexity index is 1350. The first-order chi connectivity index (χ1) is 25.1. The molecule has 3 fully saturated rings. The minimum Gasteiger partial charge on any atom is -0.456 e. The molecule has 12 nitrogen and oxygen atoms in total. The van der Waals surface area contributed by atoms with Gasteiger partial charge >= 0.3 is 5.97 Å². The molecular weight excluding hydrogens is 682 g/mol. The highest BCUT2D eigenvalue weighted by molar-refractivity contribution is 6.39. The first-order valence-electron chi connectivity index (χ1n) is 19.9. The van der Waals surface area contributed by atoms with Gasteiger partial charge in [0, 0.05) is 45.4 Å².